The number of halogens is 3. The lowest BCUT2D eigenvalue weighted by Crippen LogP contribution is -2.57. The average Bonchev–Trinajstić information content (AvgIpc) is 3.31. The summed E-state index contributed by atoms with van der Waals surface area (Å²) >= 11 is 0. The van der Waals surface area contributed by atoms with Gasteiger partial charge in [-0.1, -0.05) is 12.0 Å². The molecular weight excluding hydrogens is 637 g/mol. The molecule has 49 heavy (non-hydrogen) atoms. The summed E-state index contributed by atoms with van der Waals surface area (Å²) in [6.45, 7) is 7.41. The summed E-state index contributed by atoms with van der Waals surface area (Å²) in [4.78, 5) is 26.4. The zero-order valence-electron chi connectivity index (χ0n) is 28.0. The molecule has 3 fully saturated rings. The van der Waals surface area contributed by atoms with Crippen molar-refractivity contribution in [3.63, 3.8) is 0 Å². The summed E-state index contributed by atoms with van der Waals surface area (Å²) in [7, 11) is 1.47. The standard InChI is InChI=1S/C37H37F3N4O5/c1-7-25-28(38)11-8-21-12-24(48-19-46-6)13-26(30(21)25)32-31(39)29-20(2)33(37(40)17-47-18-37)42-34(27(29)14-41-32)43-15-22-9-10-23(16-43)44(22)35(45)49-36(3,4)5/h1,8,11-14,22-23H,9-10,15-19H2,2-6H3. The van der Waals surface area contributed by atoms with Crippen LogP contribution in [0.3, 0.4) is 0 Å². The second-order valence-electron chi connectivity index (χ2n) is 13.9. The van der Waals surface area contributed by atoms with Crippen molar-refractivity contribution >= 4 is 33.5 Å². The predicted octanol–water partition coefficient (Wildman–Crippen LogP) is 6.78. The lowest BCUT2D eigenvalue weighted by molar-refractivity contribution is -0.137. The van der Waals surface area contributed by atoms with Crippen molar-refractivity contribution in [2.24, 2.45) is 0 Å². The van der Waals surface area contributed by atoms with Gasteiger partial charge in [-0.3, -0.25) is 9.88 Å². The minimum absolute atomic E-state index is 0.0485. The van der Waals surface area contributed by atoms with Gasteiger partial charge in [0.2, 0.25) is 0 Å². The molecule has 2 aromatic heterocycles. The van der Waals surface area contributed by atoms with Crippen molar-refractivity contribution in [1.29, 1.82) is 0 Å². The topological polar surface area (TPSA) is 86.3 Å². The minimum Gasteiger partial charge on any atom is -0.468 e. The fraction of sp³-hybridized carbons (Fsp3) is 0.432. The Morgan fingerprint density at radius 2 is 1.86 bits per heavy atom. The normalized spacial score (nSPS) is 20.0. The van der Waals surface area contributed by atoms with Gasteiger partial charge in [-0.15, -0.1) is 6.42 Å². The third-order valence-corrected chi connectivity index (χ3v) is 9.46. The van der Waals surface area contributed by atoms with Crippen LogP contribution >= 0.6 is 0 Å². The van der Waals surface area contributed by atoms with Gasteiger partial charge in [-0.2, -0.15) is 0 Å². The predicted molar refractivity (Wildman–Crippen MR) is 178 cm³/mol. The second-order valence-corrected chi connectivity index (χ2v) is 13.9. The van der Waals surface area contributed by atoms with E-state index in [1.54, 1.807) is 24.0 Å². The number of aryl methyl sites for hydroxylation is 1. The molecule has 2 aromatic carbocycles. The number of carbonyl (C=O) groups excluding carboxylic acids is 1. The molecule has 0 radical (unpaired) electrons. The number of nitrogens with zero attached hydrogens (tertiary/aromatic N) is 4. The highest BCUT2D eigenvalue weighted by Crippen LogP contribution is 2.44. The maximum atomic E-state index is 17.2. The van der Waals surface area contributed by atoms with E-state index in [-0.39, 0.29) is 71.5 Å². The van der Waals surface area contributed by atoms with Gasteiger partial charge in [0.05, 0.1) is 36.6 Å². The Balaban J connectivity index is 1.40. The molecule has 5 heterocycles. The summed E-state index contributed by atoms with van der Waals surface area (Å²) in [5, 5.41) is 1.32. The first kappa shape index (κ1) is 32.9. The van der Waals surface area contributed by atoms with E-state index in [1.807, 2.05) is 25.7 Å². The van der Waals surface area contributed by atoms with Gasteiger partial charge in [0, 0.05) is 48.1 Å². The second kappa shape index (κ2) is 12.1. The Labute approximate surface area is 282 Å². The van der Waals surface area contributed by atoms with Crippen LogP contribution in [0.25, 0.3) is 32.8 Å². The van der Waals surface area contributed by atoms with E-state index in [4.69, 9.17) is 30.4 Å². The number of hydrogen-bond donors (Lipinski definition) is 0. The minimum atomic E-state index is -1.92. The number of alkyl halides is 1. The molecule has 9 nitrogen and oxygen atoms in total. The van der Waals surface area contributed by atoms with Crippen molar-refractivity contribution in [3.05, 3.63) is 58.9 Å². The summed E-state index contributed by atoms with van der Waals surface area (Å²) in [5.41, 5.74) is -2.13. The van der Waals surface area contributed by atoms with E-state index < -0.39 is 22.9 Å². The van der Waals surface area contributed by atoms with E-state index >= 15 is 13.2 Å². The summed E-state index contributed by atoms with van der Waals surface area (Å²) < 4.78 is 70.3. The van der Waals surface area contributed by atoms with Crippen molar-refractivity contribution < 1.29 is 36.9 Å². The third kappa shape index (κ3) is 5.59. The number of rotatable bonds is 6. The number of methoxy groups -OCH3 is 1. The van der Waals surface area contributed by atoms with Crippen molar-refractivity contribution in [2.45, 2.75) is 63.9 Å². The Kier molecular flexibility index (Phi) is 8.11. The van der Waals surface area contributed by atoms with Crippen LogP contribution in [-0.2, 0) is 19.9 Å². The molecule has 3 aliphatic heterocycles. The molecule has 3 saturated heterocycles. The number of carbonyl (C=O) groups is 1. The van der Waals surface area contributed by atoms with Gasteiger partial charge in [0.15, 0.2) is 18.3 Å². The number of ether oxygens (including phenoxy) is 4. The van der Waals surface area contributed by atoms with Crippen LogP contribution in [0.4, 0.5) is 23.8 Å². The van der Waals surface area contributed by atoms with Crippen LogP contribution in [0.15, 0.2) is 30.5 Å². The van der Waals surface area contributed by atoms with Gasteiger partial charge in [-0.25, -0.2) is 22.9 Å². The zero-order chi connectivity index (χ0) is 34.8. The molecule has 2 unspecified atom stereocenters. The molecule has 0 N–H and O–H groups in total. The Morgan fingerprint density at radius 1 is 1.14 bits per heavy atom. The number of aromatic nitrogens is 2. The van der Waals surface area contributed by atoms with Gasteiger partial charge in [0.1, 0.15) is 28.7 Å². The molecule has 0 saturated carbocycles. The van der Waals surface area contributed by atoms with Crippen LogP contribution in [0.2, 0.25) is 0 Å². The Hall–Kier alpha value is -4.60. The van der Waals surface area contributed by atoms with Crippen molar-refractivity contribution in [3.8, 4) is 29.4 Å². The van der Waals surface area contributed by atoms with Crippen molar-refractivity contribution in [2.75, 3.05) is 45.1 Å². The van der Waals surface area contributed by atoms with Crippen molar-refractivity contribution in [1.82, 2.24) is 14.9 Å². The summed E-state index contributed by atoms with van der Waals surface area (Å²) in [6.07, 6.45) is 8.42. The van der Waals surface area contributed by atoms with E-state index in [9.17, 15) is 4.79 Å². The summed E-state index contributed by atoms with van der Waals surface area (Å²) in [6, 6.07) is 5.65. The van der Waals surface area contributed by atoms with Gasteiger partial charge in [-0.05, 0) is 69.7 Å². The lowest BCUT2D eigenvalue weighted by atomic mass is 9.91. The quantitative estimate of drug-likeness (QED) is 0.164. The largest absolute Gasteiger partial charge is 0.468 e. The highest BCUT2D eigenvalue weighted by Gasteiger charge is 2.47. The molecule has 3 aliphatic rings. The number of anilines is 1. The van der Waals surface area contributed by atoms with E-state index in [1.165, 1.54) is 25.4 Å². The van der Waals surface area contributed by atoms with E-state index in [0.29, 0.717) is 41.0 Å². The maximum Gasteiger partial charge on any atom is 0.410 e. The summed E-state index contributed by atoms with van der Waals surface area (Å²) in [5.74, 6) is 1.73. The van der Waals surface area contributed by atoms with E-state index in [0.717, 1.165) is 12.8 Å². The zero-order valence-corrected chi connectivity index (χ0v) is 28.0. The fourth-order valence-corrected chi connectivity index (χ4v) is 7.31. The molecule has 256 valence electrons. The number of terminal acetylenes is 1. The molecule has 4 aromatic rings. The van der Waals surface area contributed by atoms with Gasteiger partial charge >= 0.3 is 6.09 Å². The number of hydrogen-bond acceptors (Lipinski definition) is 8. The first-order chi connectivity index (χ1) is 23.3. The molecule has 0 spiro atoms. The first-order valence-electron chi connectivity index (χ1n) is 16.2. The van der Waals surface area contributed by atoms with Crippen LogP contribution in [0, 0.1) is 30.9 Å². The van der Waals surface area contributed by atoms with E-state index in [2.05, 4.69) is 10.9 Å². The van der Waals surface area contributed by atoms with Crippen LogP contribution < -0.4 is 9.64 Å². The maximum absolute atomic E-state index is 17.2. The smallest absolute Gasteiger partial charge is 0.410 e. The number of pyridine rings is 2. The third-order valence-electron chi connectivity index (χ3n) is 9.46. The highest BCUT2D eigenvalue weighted by molar-refractivity contribution is 6.04. The molecular formula is C37H37F3N4O5. The number of benzene rings is 2. The van der Waals surface area contributed by atoms with Gasteiger partial charge in [0.25, 0.3) is 0 Å². The molecule has 0 aliphatic carbocycles. The average molecular weight is 675 g/mol. The molecule has 1 amide bonds. The van der Waals surface area contributed by atoms with Crippen LogP contribution in [0.5, 0.6) is 5.75 Å². The SMILES string of the molecule is C#Cc1c(F)ccc2cc(OCOC)cc(-c3ncc4c(N5CC6CCC(C5)N6C(=O)OC(C)(C)C)nc(C5(F)COC5)c(C)c4c3F)c12. The number of amides is 1. The molecule has 12 heteroatoms. The van der Waals surface area contributed by atoms with Crippen LogP contribution in [-0.4, -0.2) is 78.9 Å². The molecule has 2 atom stereocenters. The lowest BCUT2D eigenvalue weighted by Gasteiger charge is -2.42. The molecule has 7 rings (SSSR count). The van der Waals surface area contributed by atoms with Gasteiger partial charge < -0.3 is 23.8 Å². The number of fused-ring (bicyclic) bond motifs is 4. The molecule has 2 bridgehead atoms. The monoisotopic (exact) mass is 674 g/mol. The first-order valence-corrected chi connectivity index (χ1v) is 16.2. The Bertz CT molecular complexity index is 2020. The Morgan fingerprint density at radius 3 is 2.47 bits per heavy atom. The highest BCUT2D eigenvalue weighted by atomic mass is 19.1. The fourth-order valence-electron chi connectivity index (χ4n) is 7.31. The number of piperazine rings is 1. The van der Waals surface area contributed by atoms with Crippen LogP contribution in [0.1, 0.15) is 50.4 Å².